The largest absolute Gasteiger partial charge is 0.347 e. The van der Waals surface area contributed by atoms with Crippen LogP contribution in [-0.4, -0.2) is 68.4 Å². The number of hydrogen-bond acceptors (Lipinski definition) is 7. The summed E-state index contributed by atoms with van der Waals surface area (Å²) < 4.78 is 13.7. The van der Waals surface area contributed by atoms with Crippen LogP contribution in [0.5, 0.6) is 0 Å². The highest BCUT2D eigenvalue weighted by molar-refractivity contribution is 7.99. The molecule has 0 unspecified atom stereocenters. The lowest BCUT2D eigenvalue weighted by molar-refractivity contribution is -0.186. The van der Waals surface area contributed by atoms with Crippen LogP contribution in [0.15, 0.2) is 59.8 Å². The van der Waals surface area contributed by atoms with Gasteiger partial charge in [-0.05, 0) is 11.6 Å². The van der Waals surface area contributed by atoms with Crippen molar-refractivity contribution in [3.05, 3.63) is 60.2 Å². The van der Waals surface area contributed by atoms with Crippen molar-refractivity contribution >= 4 is 39.7 Å². The third-order valence-corrected chi connectivity index (χ3v) is 7.38. The second kappa shape index (κ2) is 8.98. The summed E-state index contributed by atoms with van der Waals surface area (Å²) in [7, 11) is 0. The first-order valence-electron chi connectivity index (χ1n) is 11.5. The minimum Gasteiger partial charge on any atom is -0.347 e. The molecule has 0 bridgehead atoms. The number of nitrogens with zero attached hydrogens (tertiary/aromatic N) is 5. The number of benzene rings is 2. The number of thioether (sulfide) groups is 1. The van der Waals surface area contributed by atoms with Crippen molar-refractivity contribution in [2.75, 3.05) is 32.1 Å². The van der Waals surface area contributed by atoms with Gasteiger partial charge in [-0.3, -0.25) is 4.79 Å². The molecule has 8 nitrogen and oxygen atoms in total. The lowest BCUT2D eigenvalue weighted by Crippen LogP contribution is -2.47. The van der Waals surface area contributed by atoms with E-state index in [2.05, 4.69) is 33.0 Å². The van der Waals surface area contributed by atoms with Gasteiger partial charge in [0.15, 0.2) is 11.4 Å². The van der Waals surface area contributed by atoms with Gasteiger partial charge in [0.2, 0.25) is 11.1 Å². The molecule has 0 aliphatic carbocycles. The van der Waals surface area contributed by atoms with Gasteiger partial charge in [0.1, 0.15) is 5.52 Å². The average molecular weight is 476 g/mol. The predicted molar refractivity (Wildman–Crippen MR) is 130 cm³/mol. The Balaban J connectivity index is 1.21. The SMILES string of the molecule is O=C(CSc1nnc2c3ccccc3n(Cc3ccccc3)c2n1)N1CCC2(CC1)OCCO2. The molecular formula is C25H25N5O3S. The van der Waals surface area contributed by atoms with E-state index in [4.69, 9.17) is 14.5 Å². The van der Waals surface area contributed by atoms with Crippen LogP contribution in [0.2, 0.25) is 0 Å². The first-order valence-corrected chi connectivity index (χ1v) is 12.5. The zero-order chi connectivity index (χ0) is 23.0. The number of ether oxygens (including phenoxy) is 2. The Morgan fingerprint density at radius 2 is 1.71 bits per heavy atom. The maximum absolute atomic E-state index is 12.8. The Hall–Kier alpha value is -3.01. The van der Waals surface area contributed by atoms with Crippen LogP contribution in [0.1, 0.15) is 18.4 Å². The van der Waals surface area contributed by atoms with Crippen molar-refractivity contribution < 1.29 is 14.3 Å². The fraction of sp³-hybridized carbons (Fsp3) is 0.360. The Kier molecular flexibility index (Phi) is 5.68. The molecule has 1 spiro atoms. The number of rotatable bonds is 5. The molecule has 0 N–H and O–H groups in total. The number of para-hydroxylation sites is 1. The monoisotopic (exact) mass is 475 g/mol. The second-order valence-electron chi connectivity index (χ2n) is 8.63. The first kappa shape index (κ1) is 21.5. The highest BCUT2D eigenvalue weighted by Crippen LogP contribution is 2.32. The van der Waals surface area contributed by atoms with E-state index < -0.39 is 5.79 Å². The molecule has 2 aliphatic rings. The van der Waals surface area contributed by atoms with Gasteiger partial charge in [0.05, 0.1) is 24.5 Å². The van der Waals surface area contributed by atoms with E-state index in [1.165, 1.54) is 17.3 Å². The van der Waals surface area contributed by atoms with Crippen LogP contribution in [0.3, 0.4) is 0 Å². The molecule has 4 aromatic rings. The van der Waals surface area contributed by atoms with Crippen LogP contribution in [0, 0.1) is 0 Å². The zero-order valence-corrected chi connectivity index (χ0v) is 19.5. The lowest BCUT2D eigenvalue weighted by atomic mass is 10.0. The molecule has 2 aromatic carbocycles. The molecule has 1 amide bonds. The molecule has 174 valence electrons. The van der Waals surface area contributed by atoms with Crippen LogP contribution < -0.4 is 0 Å². The molecule has 0 radical (unpaired) electrons. The summed E-state index contributed by atoms with van der Waals surface area (Å²) in [5, 5.41) is 10.4. The summed E-state index contributed by atoms with van der Waals surface area (Å²) in [5.74, 6) is -0.124. The van der Waals surface area contributed by atoms with E-state index in [0.29, 0.717) is 50.8 Å². The summed E-state index contributed by atoms with van der Waals surface area (Å²) in [4.78, 5) is 19.5. The van der Waals surface area contributed by atoms with Gasteiger partial charge >= 0.3 is 0 Å². The van der Waals surface area contributed by atoms with E-state index in [1.54, 1.807) is 0 Å². The molecule has 2 aliphatic heterocycles. The van der Waals surface area contributed by atoms with Gasteiger partial charge < -0.3 is 18.9 Å². The summed E-state index contributed by atoms with van der Waals surface area (Å²) >= 11 is 1.33. The standard InChI is InChI=1S/C25H25N5O3S/c31-21(29-12-10-25(11-13-29)32-14-15-33-25)17-34-24-26-23-22(27-28-24)19-8-4-5-9-20(19)30(23)16-18-6-2-1-3-7-18/h1-9H,10-17H2. The molecule has 0 saturated carbocycles. The molecular weight excluding hydrogens is 450 g/mol. The maximum atomic E-state index is 12.8. The fourth-order valence-corrected chi connectivity index (χ4v) is 5.46. The fourth-order valence-electron chi connectivity index (χ4n) is 4.78. The van der Waals surface area contributed by atoms with Crippen molar-refractivity contribution in [3.8, 4) is 0 Å². The Labute approximate surface area is 201 Å². The number of hydrogen-bond donors (Lipinski definition) is 0. The summed E-state index contributed by atoms with van der Waals surface area (Å²) in [5.41, 5.74) is 3.82. The predicted octanol–water partition coefficient (Wildman–Crippen LogP) is 3.49. The third-order valence-electron chi connectivity index (χ3n) is 6.55. The Bertz CT molecular complexity index is 1330. The van der Waals surface area contributed by atoms with E-state index >= 15 is 0 Å². The van der Waals surface area contributed by atoms with E-state index in [9.17, 15) is 4.79 Å². The molecule has 2 aromatic heterocycles. The number of amides is 1. The molecule has 4 heterocycles. The number of carbonyl (C=O) groups is 1. The van der Waals surface area contributed by atoms with Crippen molar-refractivity contribution in [1.29, 1.82) is 0 Å². The second-order valence-corrected chi connectivity index (χ2v) is 9.58. The first-order chi connectivity index (χ1) is 16.7. The molecule has 6 rings (SSSR count). The van der Waals surface area contributed by atoms with Gasteiger partial charge in [0.25, 0.3) is 0 Å². The van der Waals surface area contributed by atoms with E-state index in [1.807, 2.05) is 41.3 Å². The van der Waals surface area contributed by atoms with Gasteiger partial charge in [0, 0.05) is 37.9 Å². The van der Waals surface area contributed by atoms with Crippen molar-refractivity contribution in [2.24, 2.45) is 0 Å². The Morgan fingerprint density at radius 3 is 2.50 bits per heavy atom. The zero-order valence-electron chi connectivity index (χ0n) is 18.7. The van der Waals surface area contributed by atoms with Crippen molar-refractivity contribution in [3.63, 3.8) is 0 Å². The highest BCUT2D eigenvalue weighted by Gasteiger charge is 2.40. The summed E-state index contributed by atoms with van der Waals surface area (Å²) in [6.07, 6.45) is 1.43. The number of aromatic nitrogens is 4. The quantitative estimate of drug-likeness (QED) is 0.409. The number of carbonyl (C=O) groups excluding carboxylic acids is 1. The molecule has 2 saturated heterocycles. The van der Waals surface area contributed by atoms with Gasteiger partial charge in [-0.1, -0.05) is 60.3 Å². The number of piperidine rings is 1. The topological polar surface area (TPSA) is 82.4 Å². The highest BCUT2D eigenvalue weighted by atomic mass is 32.2. The van der Waals surface area contributed by atoms with E-state index in [0.717, 1.165) is 22.1 Å². The molecule has 2 fully saturated rings. The maximum Gasteiger partial charge on any atom is 0.233 e. The normalized spacial score (nSPS) is 17.7. The van der Waals surface area contributed by atoms with Crippen LogP contribution in [0.25, 0.3) is 22.1 Å². The minimum absolute atomic E-state index is 0.0753. The smallest absolute Gasteiger partial charge is 0.233 e. The van der Waals surface area contributed by atoms with Gasteiger partial charge in [-0.25, -0.2) is 4.98 Å². The lowest BCUT2D eigenvalue weighted by Gasteiger charge is -2.37. The molecule has 0 atom stereocenters. The molecule has 34 heavy (non-hydrogen) atoms. The van der Waals surface area contributed by atoms with Crippen molar-refractivity contribution in [2.45, 2.75) is 30.3 Å². The minimum atomic E-state index is -0.478. The van der Waals surface area contributed by atoms with E-state index in [-0.39, 0.29) is 11.7 Å². The van der Waals surface area contributed by atoms with Crippen molar-refractivity contribution in [1.82, 2.24) is 24.6 Å². The van der Waals surface area contributed by atoms with Gasteiger partial charge in [-0.15, -0.1) is 10.2 Å². The Morgan fingerprint density at radius 1 is 0.971 bits per heavy atom. The number of likely N-dealkylation sites (tertiary alicyclic amines) is 1. The van der Waals surface area contributed by atoms with Gasteiger partial charge in [-0.2, -0.15) is 0 Å². The van der Waals surface area contributed by atoms with Crippen LogP contribution in [-0.2, 0) is 20.8 Å². The number of fused-ring (bicyclic) bond motifs is 3. The van der Waals surface area contributed by atoms with Crippen LogP contribution in [0.4, 0.5) is 0 Å². The summed E-state index contributed by atoms with van der Waals surface area (Å²) in [6, 6.07) is 18.5. The van der Waals surface area contributed by atoms with Crippen LogP contribution >= 0.6 is 11.8 Å². The molecule has 9 heteroatoms. The average Bonchev–Trinajstić information content (AvgIpc) is 3.46. The summed E-state index contributed by atoms with van der Waals surface area (Å²) in [6.45, 7) is 3.24. The third kappa shape index (κ3) is 4.04.